The molecule has 3 N–H and O–H groups in total. The van der Waals surface area contributed by atoms with Crippen LogP contribution in [-0.4, -0.2) is 15.8 Å². The first-order valence-electron chi connectivity index (χ1n) is 4.78. The Balaban J connectivity index is 2.57. The van der Waals surface area contributed by atoms with Gasteiger partial charge in [0.25, 0.3) is 0 Å². The summed E-state index contributed by atoms with van der Waals surface area (Å²) in [4.78, 5) is 18.5. The van der Waals surface area contributed by atoms with Gasteiger partial charge in [0.2, 0.25) is 5.78 Å². The minimum absolute atomic E-state index is 0.172. The molecule has 1 heterocycles. The molecule has 0 atom stereocenters. The molecule has 0 saturated carbocycles. The Morgan fingerprint density at radius 1 is 1.62 bits per heavy atom. The maximum absolute atomic E-state index is 11.5. The number of nitrogens with one attached hydrogen (secondary N) is 1. The lowest BCUT2D eigenvalue weighted by atomic mass is 10.2. The minimum atomic E-state index is -0.309. The quantitative estimate of drug-likeness (QED) is 0.585. The number of nitrogens with two attached hydrogens (primary N) is 1. The lowest BCUT2D eigenvalue weighted by Gasteiger charge is -1.98. The van der Waals surface area contributed by atoms with E-state index in [2.05, 4.69) is 9.97 Å². The number of hydrogen-bond donors (Lipinski definition) is 2. The first kappa shape index (κ1) is 10.2. The molecule has 0 unspecified atom stereocenters. The van der Waals surface area contributed by atoms with Crippen LogP contribution in [0.5, 0.6) is 0 Å². The summed E-state index contributed by atoms with van der Waals surface area (Å²) in [5.41, 5.74) is 8.65. The maximum Gasteiger partial charge on any atom is 0.212 e. The van der Waals surface area contributed by atoms with Crippen molar-refractivity contribution < 1.29 is 4.79 Å². The zero-order valence-electron chi connectivity index (χ0n) is 8.74. The second kappa shape index (κ2) is 3.66. The molecule has 16 heavy (non-hydrogen) atoms. The molecule has 0 radical (unpaired) electrons. The Morgan fingerprint density at radius 3 is 3.06 bits per heavy atom. The van der Waals surface area contributed by atoms with E-state index in [1.807, 2.05) is 6.92 Å². The van der Waals surface area contributed by atoms with Gasteiger partial charge >= 0.3 is 0 Å². The van der Waals surface area contributed by atoms with Crippen molar-refractivity contribution in [2.24, 2.45) is 0 Å². The number of carbonyl (C=O) groups excluding carboxylic acids is 1. The summed E-state index contributed by atoms with van der Waals surface area (Å²) in [7, 11) is 0. The number of nitriles is 1. The Hall–Kier alpha value is -2.35. The molecule has 0 aliphatic rings. The Morgan fingerprint density at radius 2 is 2.38 bits per heavy atom. The lowest BCUT2D eigenvalue weighted by Crippen LogP contribution is -1.99. The smallest absolute Gasteiger partial charge is 0.212 e. The highest BCUT2D eigenvalue weighted by Crippen LogP contribution is 2.21. The topological polar surface area (TPSA) is 95.6 Å². The predicted molar refractivity (Wildman–Crippen MR) is 59.8 cm³/mol. The summed E-state index contributed by atoms with van der Waals surface area (Å²) >= 11 is 0. The van der Waals surface area contributed by atoms with E-state index in [1.165, 1.54) is 0 Å². The number of imidazole rings is 1. The SMILES string of the molecule is Cc1c(N)ccc2[nH]c(C(=O)CC#N)nc12. The molecule has 1 aromatic heterocycles. The molecule has 0 fully saturated rings. The van der Waals surface area contributed by atoms with Crippen LogP contribution in [0, 0.1) is 18.3 Å². The van der Waals surface area contributed by atoms with Crippen molar-refractivity contribution >= 4 is 22.5 Å². The molecule has 80 valence electrons. The normalized spacial score (nSPS) is 10.2. The number of Topliss-reactive ketones (excluding diaryl/α,β-unsaturated/α-hetero) is 1. The molecular weight excluding hydrogens is 204 g/mol. The fourth-order valence-corrected chi connectivity index (χ4v) is 1.52. The van der Waals surface area contributed by atoms with Gasteiger partial charge in [-0.15, -0.1) is 0 Å². The van der Waals surface area contributed by atoms with Crippen LogP contribution in [0.2, 0.25) is 0 Å². The van der Waals surface area contributed by atoms with Crippen LogP contribution in [0.1, 0.15) is 22.6 Å². The van der Waals surface area contributed by atoms with Gasteiger partial charge < -0.3 is 10.7 Å². The van der Waals surface area contributed by atoms with E-state index in [0.717, 1.165) is 11.1 Å². The van der Waals surface area contributed by atoms with Gasteiger partial charge in [0.1, 0.15) is 6.42 Å². The maximum atomic E-state index is 11.5. The van der Waals surface area contributed by atoms with Crippen molar-refractivity contribution in [2.75, 3.05) is 5.73 Å². The van der Waals surface area contributed by atoms with Crippen LogP contribution < -0.4 is 5.73 Å². The number of fused-ring (bicyclic) bond motifs is 1. The molecule has 0 amide bonds. The number of anilines is 1. The average Bonchev–Trinajstić information content (AvgIpc) is 2.69. The van der Waals surface area contributed by atoms with E-state index < -0.39 is 0 Å². The highest BCUT2D eigenvalue weighted by Gasteiger charge is 2.12. The third kappa shape index (κ3) is 1.50. The van der Waals surface area contributed by atoms with Crippen molar-refractivity contribution in [2.45, 2.75) is 13.3 Å². The number of nitrogen functional groups attached to an aromatic ring is 1. The predicted octanol–water partition coefficient (Wildman–Crippen LogP) is 1.55. The van der Waals surface area contributed by atoms with Gasteiger partial charge in [0.05, 0.1) is 17.1 Å². The van der Waals surface area contributed by atoms with Crippen LogP contribution >= 0.6 is 0 Å². The number of hydrogen-bond acceptors (Lipinski definition) is 4. The Labute approximate surface area is 91.9 Å². The molecule has 0 aliphatic carbocycles. The van der Waals surface area contributed by atoms with Crippen LogP contribution in [0.15, 0.2) is 12.1 Å². The summed E-state index contributed by atoms with van der Waals surface area (Å²) in [6.07, 6.45) is -0.172. The van der Waals surface area contributed by atoms with Crippen molar-refractivity contribution in [3.05, 3.63) is 23.5 Å². The zero-order valence-corrected chi connectivity index (χ0v) is 8.74. The molecule has 5 heteroatoms. The van der Waals surface area contributed by atoms with Gasteiger partial charge in [-0.2, -0.15) is 5.26 Å². The highest BCUT2D eigenvalue weighted by molar-refractivity contribution is 5.97. The van der Waals surface area contributed by atoms with Crippen LogP contribution in [-0.2, 0) is 0 Å². The zero-order chi connectivity index (χ0) is 11.7. The Kier molecular flexibility index (Phi) is 2.33. The number of nitrogens with zero attached hydrogens (tertiary/aromatic N) is 2. The van der Waals surface area contributed by atoms with Crippen molar-refractivity contribution in [1.82, 2.24) is 9.97 Å². The molecular formula is C11H10N4O. The summed E-state index contributed by atoms with van der Waals surface area (Å²) in [5.74, 6) is -0.0954. The summed E-state index contributed by atoms with van der Waals surface area (Å²) in [5, 5.41) is 8.44. The van der Waals surface area contributed by atoms with E-state index in [9.17, 15) is 4.79 Å². The molecule has 0 saturated heterocycles. The molecule has 0 aliphatic heterocycles. The molecule has 2 rings (SSSR count). The first-order chi connectivity index (χ1) is 7.63. The highest BCUT2D eigenvalue weighted by atomic mass is 16.1. The second-order valence-electron chi connectivity index (χ2n) is 3.52. The minimum Gasteiger partial charge on any atom is -0.398 e. The number of aromatic nitrogens is 2. The third-order valence-corrected chi connectivity index (χ3v) is 2.45. The number of aryl methyl sites for hydroxylation is 1. The number of aromatic amines is 1. The van der Waals surface area contributed by atoms with E-state index in [-0.39, 0.29) is 18.0 Å². The fourth-order valence-electron chi connectivity index (χ4n) is 1.52. The summed E-state index contributed by atoms with van der Waals surface area (Å²) < 4.78 is 0. The molecule has 1 aromatic carbocycles. The monoisotopic (exact) mass is 214 g/mol. The molecule has 5 nitrogen and oxygen atoms in total. The van der Waals surface area contributed by atoms with Gasteiger partial charge in [0.15, 0.2) is 5.82 Å². The van der Waals surface area contributed by atoms with E-state index in [1.54, 1.807) is 18.2 Å². The van der Waals surface area contributed by atoms with Crippen molar-refractivity contribution in [1.29, 1.82) is 5.26 Å². The van der Waals surface area contributed by atoms with Crippen molar-refractivity contribution in [3.63, 3.8) is 0 Å². The molecule has 0 bridgehead atoms. The second-order valence-corrected chi connectivity index (χ2v) is 3.52. The van der Waals surface area contributed by atoms with E-state index >= 15 is 0 Å². The summed E-state index contributed by atoms with van der Waals surface area (Å²) in [6.45, 7) is 1.84. The lowest BCUT2D eigenvalue weighted by molar-refractivity contribution is 0.0989. The van der Waals surface area contributed by atoms with Crippen LogP contribution in [0.25, 0.3) is 11.0 Å². The average molecular weight is 214 g/mol. The third-order valence-electron chi connectivity index (χ3n) is 2.45. The van der Waals surface area contributed by atoms with E-state index in [0.29, 0.717) is 11.2 Å². The number of rotatable bonds is 2. The first-order valence-corrected chi connectivity index (χ1v) is 4.78. The number of ketones is 1. The number of carbonyl (C=O) groups is 1. The van der Waals surface area contributed by atoms with Crippen LogP contribution in [0.3, 0.4) is 0 Å². The number of H-pyrrole nitrogens is 1. The fraction of sp³-hybridized carbons (Fsp3) is 0.182. The van der Waals surface area contributed by atoms with E-state index in [4.69, 9.17) is 11.0 Å². The van der Waals surface area contributed by atoms with Crippen molar-refractivity contribution in [3.8, 4) is 6.07 Å². The Bertz CT molecular complexity index is 606. The molecule has 0 spiro atoms. The van der Waals surface area contributed by atoms with Gasteiger partial charge in [-0.25, -0.2) is 4.98 Å². The van der Waals surface area contributed by atoms with Gasteiger partial charge in [0, 0.05) is 5.69 Å². The van der Waals surface area contributed by atoms with Gasteiger partial charge in [-0.05, 0) is 24.6 Å². The number of benzene rings is 1. The summed E-state index contributed by atoms with van der Waals surface area (Å²) in [6, 6.07) is 5.33. The largest absolute Gasteiger partial charge is 0.398 e. The van der Waals surface area contributed by atoms with Gasteiger partial charge in [-0.1, -0.05) is 0 Å². The van der Waals surface area contributed by atoms with Crippen LogP contribution in [0.4, 0.5) is 5.69 Å². The standard InChI is InChI=1S/C11H10N4O/c1-6-7(13)2-3-8-10(6)15-11(14-8)9(16)4-5-12/h2-3H,4,13H2,1H3,(H,14,15). The molecule has 2 aromatic rings. The van der Waals surface area contributed by atoms with Gasteiger partial charge in [-0.3, -0.25) is 4.79 Å².